The van der Waals surface area contributed by atoms with Crippen LogP contribution in [-0.2, 0) is 9.53 Å². The minimum atomic E-state index is -1.14. The monoisotopic (exact) mass is 219 g/mol. The predicted molar refractivity (Wildman–Crippen MR) is 53.2 cm³/mol. The molecular formula is C10H18FNO3. The molecule has 1 N–H and O–H groups in total. The van der Waals surface area contributed by atoms with Crippen LogP contribution in [0.4, 0.5) is 4.39 Å². The number of hydrogen-bond donors (Lipinski definition) is 1. The van der Waals surface area contributed by atoms with Crippen molar-refractivity contribution in [3.63, 3.8) is 0 Å². The van der Waals surface area contributed by atoms with Crippen molar-refractivity contribution < 1.29 is 19.0 Å². The molecule has 1 rings (SSSR count). The van der Waals surface area contributed by atoms with E-state index < -0.39 is 24.8 Å². The molecule has 0 saturated carbocycles. The summed E-state index contributed by atoms with van der Waals surface area (Å²) in [4.78, 5) is 12.4. The molecule has 1 unspecified atom stereocenters. The normalized spacial score (nSPS) is 28.1. The van der Waals surface area contributed by atoms with Gasteiger partial charge in [-0.15, -0.1) is 0 Å². The Labute approximate surface area is 89.0 Å². The van der Waals surface area contributed by atoms with Crippen molar-refractivity contribution in [3.05, 3.63) is 0 Å². The van der Waals surface area contributed by atoms with Crippen LogP contribution in [0.25, 0.3) is 0 Å². The maximum Gasteiger partial charge on any atom is 0.248 e. The highest BCUT2D eigenvalue weighted by atomic mass is 19.1. The Bertz CT molecular complexity index is 225. The zero-order valence-corrected chi connectivity index (χ0v) is 9.15. The molecule has 1 amide bonds. The Morgan fingerprint density at radius 1 is 1.67 bits per heavy atom. The first-order chi connectivity index (χ1) is 7.08. The van der Waals surface area contributed by atoms with Crippen molar-refractivity contribution in [3.8, 4) is 0 Å². The maximum absolute atomic E-state index is 13.4. The number of aliphatic hydroxyl groups excluding tert-OH is 1. The third-order valence-electron chi connectivity index (χ3n) is 2.67. The lowest BCUT2D eigenvalue weighted by Crippen LogP contribution is -2.32. The summed E-state index contributed by atoms with van der Waals surface area (Å²) in [5, 5.41) is 8.64. The lowest BCUT2D eigenvalue weighted by Gasteiger charge is -2.18. The molecule has 15 heavy (non-hydrogen) atoms. The summed E-state index contributed by atoms with van der Waals surface area (Å²) in [6.45, 7) is 3.54. The largest absolute Gasteiger partial charge is 0.387 e. The second kappa shape index (κ2) is 5.42. The van der Waals surface area contributed by atoms with E-state index in [0.717, 1.165) is 6.42 Å². The molecule has 1 heterocycles. The quantitative estimate of drug-likeness (QED) is 0.742. The minimum Gasteiger partial charge on any atom is -0.387 e. The first-order valence-electron chi connectivity index (χ1n) is 5.26. The van der Waals surface area contributed by atoms with Crippen molar-refractivity contribution in [1.29, 1.82) is 0 Å². The third kappa shape index (κ3) is 3.14. The van der Waals surface area contributed by atoms with E-state index in [9.17, 15) is 9.18 Å². The van der Waals surface area contributed by atoms with Crippen LogP contribution in [0.3, 0.4) is 0 Å². The van der Waals surface area contributed by atoms with E-state index in [4.69, 9.17) is 9.84 Å². The van der Waals surface area contributed by atoms with Gasteiger partial charge in [-0.25, -0.2) is 4.39 Å². The fourth-order valence-electron chi connectivity index (χ4n) is 1.56. The standard InChI is InChI=1S/C10H18FNO3/c1-3-7(2)15-9-5-12(4-8(9)11)10(14)6-13/h7-9,13H,3-6H2,1-2H3/t7?,8-,9+/m1/s1. The molecule has 4 nitrogen and oxygen atoms in total. The Morgan fingerprint density at radius 2 is 2.33 bits per heavy atom. The molecule has 0 aromatic carbocycles. The highest BCUT2D eigenvalue weighted by Gasteiger charge is 2.36. The van der Waals surface area contributed by atoms with Gasteiger partial charge in [0.1, 0.15) is 18.9 Å². The molecule has 1 saturated heterocycles. The van der Waals surface area contributed by atoms with E-state index in [-0.39, 0.29) is 19.2 Å². The molecule has 0 aromatic rings. The van der Waals surface area contributed by atoms with Crippen LogP contribution in [0.15, 0.2) is 0 Å². The Balaban J connectivity index is 2.45. The van der Waals surface area contributed by atoms with Crippen LogP contribution < -0.4 is 0 Å². The van der Waals surface area contributed by atoms with E-state index in [1.165, 1.54) is 4.90 Å². The Hall–Kier alpha value is -0.680. The van der Waals surface area contributed by atoms with Crippen LogP contribution in [0.5, 0.6) is 0 Å². The summed E-state index contributed by atoms with van der Waals surface area (Å²) in [5.41, 5.74) is 0. The van der Waals surface area contributed by atoms with E-state index in [1.54, 1.807) is 0 Å². The van der Waals surface area contributed by atoms with Gasteiger partial charge in [0.05, 0.1) is 12.6 Å². The van der Waals surface area contributed by atoms with Gasteiger partial charge in [0, 0.05) is 6.54 Å². The molecule has 1 aliphatic rings. The number of alkyl halides is 1. The van der Waals surface area contributed by atoms with Gasteiger partial charge >= 0.3 is 0 Å². The number of halogens is 1. The predicted octanol–water partition coefficient (Wildman–Crippen LogP) is 0.343. The summed E-state index contributed by atoms with van der Waals surface area (Å²) in [5.74, 6) is -0.437. The van der Waals surface area contributed by atoms with Crippen LogP contribution in [-0.4, -0.2) is 54.0 Å². The number of rotatable bonds is 4. The van der Waals surface area contributed by atoms with E-state index in [1.807, 2.05) is 13.8 Å². The maximum atomic E-state index is 13.4. The lowest BCUT2D eigenvalue weighted by molar-refractivity contribution is -0.133. The molecule has 1 aliphatic heterocycles. The van der Waals surface area contributed by atoms with Crippen molar-refractivity contribution in [2.24, 2.45) is 0 Å². The smallest absolute Gasteiger partial charge is 0.248 e. The van der Waals surface area contributed by atoms with Gasteiger partial charge in [-0.3, -0.25) is 4.79 Å². The number of nitrogens with zero attached hydrogens (tertiary/aromatic N) is 1. The van der Waals surface area contributed by atoms with Crippen LogP contribution in [0.2, 0.25) is 0 Å². The number of carbonyl (C=O) groups excluding carboxylic acids is 1. The van der Waals surface area contributed by atoms with Gasteiger partial charge in [0.2, 0.25) is 5.91 Å². The lowest BCUT2D eigenvalue weighted by atomic mass is 10.2. The van der Waals surface area contributed by atoms with Gasteiger partial charge in [-0.1, -0.05) is 6.92 Å². The van der Waals surface area contributed by atoms with Gasteiger partial charge in [0.25, 0.3) is 0 Å². The topological polar surface area (TPSA) is 49.8 Å². The molecule has 0 spiro atoms. The minimum absolute atomic E-state index is 0.00238. The number of ether oxygens (including phenoxy) is 1. The van der Waals surface area contributed by atoms with Gasteiger partial charge in [-0.05, 0) is 13.3 Å². The highest BCUT2D eigenvalue weighted by Crippen LogP contribution is 2.18. The summed E-state index contributed by atoms with van der Waals surface area (Å²) in [6, 6.07) is 0. The van der Waals surface area contributed by atoms with Crippen LogP contribution in [0, 0.1) is 0 Å². The zero-order chi connectivity index (χ0) is 11.4. The average Bonchev–Trinajstić information content (AvgIpc) is 2.59. The molecule has 88 valence electrons. The van der Waals surface area contributed by atoms with Crippen LogP contribution in [0.1, 0.15) is 20.3 Å². The van der Waals surface area contributed by atoms with Crippen molar-refractivity contribution in [1.82, 2.24) is 4.90 Å². The molecule has 1 fully saturated rings. The van der Waals surface area contributed by atoms with Gasteiger partial charge in [-0.2, -0.15) is 0 Å². The number of amides is 1. The molecular weight excluding hydrogens is 201 g/mol. The summed E-state index contributed by atoms with van der Waals surface area (Å²) < 4.78 is 18.9. The number of likely N-dealkylation sites (tertiary alicyclic amines) is 1. The Kier molecular flexibility index (Phi) is 4.47. The van der Waals surface area contributed by atoms with E-state index in [0.29, 0.717) is 0 Å². The first-order valence-corrected chi connectivity index (χ1v) is 5.26. The molecule has 5 heteroatoms. The fraction of sp³-hybridized carbons (Fsp3) is 0.900. The number of aliphatic hydroxyl groups is 1. The van der Waals surface area contributed by atoms with E-state index >= 15 is 0 Å². The third-order valence-corrected chi connectivity index (χ3v) is 2.67. The zero-order valence-electron chi connectivity index (χ0n) is 9.15. The van der Waals surface area contributed by atoms with Crippen LogP contribution >= 0.6 is 0 Å². The molecule has 0 aromatic heterocycles. The summed E-state index contributed by atoms with van der Waals surface area (Å²) >= 11 is 0. The summed E-state index contributed by atoms with van der Waals surface area (Å²) in [7, 11) is 0. The fourth-order valence-corrected chi connectivity index (χ4v) is 1.56. The van der Waals surface area contributed by atoms with Gasteiger partial charge in [0.15, 0.2) is 0 Å². The van der Waals surface area contributed by atoms with Crippen molar-refractivity contribution in [2.75, 3.05) is 19.7 Å². The molecule has 0 radical (unpaired) electrons. The molecule has 3 atom stereocenters. The first kappa shape index (κ1) is 12.4. The average molecular weight is 219 g/mol. The van der Waals surface area contributed by atoms with E-state index in [2.05, 4.69) is 0 Å². The highest BCUT2D eigenvalue weighted by molar-refractivity contribution is 5.77. The second-order valence-corrected chi connectivity index (χ2v) is 3.87. The Morgan fingerprint density at radius 3 is 2.87 bits per heavy atom. The number of hydrogen-bond acceptors (Lipinski definition) is 3. The van der Waals surface area contributed by atoms with Crippen molar-refractivity contribution in [2.45, 2.75) is 38.6 Å². The SMILES string of the molecule is CCC(C)O[C@H]1CN(C(=O)CO)C[C@H]1F. The molecule has 0 bridgehead atoms. The van der Waals surface area contributed by atoms with Crippen molar-refractivity contribution >= 4 is 5.91 Å². The molecule has 0 aliphatic carbocycles. The second-order valence-electron chi connectivity index (χ2n) is 3.87. The number of carbonyl (C=O) groups is 1. The van der Waals surface area contributed by atoms with Gasteiger partial charge < -0.3 is 14.7 Å². The summed E-state index contributed by atoms with van der Waals surface area (Å²) in [6.07, 6.45) is -0.876.